The lowest BCUT2D eigenvalue weighted by molar-refractivity contribution is 0.225. The second kappa shape index (κ2) is 6.29. The highest BCUT2D eigenvalue weighted by Gasteiger charge is 2.23. The van der Waals surface area contributed by atoms with Crippen LogP contribution < -0.4 is 10.1 Å². The van der Waals surface area contributed by atoms with Crippen molar-refractivity contribution in [2.45, 2.75) is 45.7 Å². The van der Waals surface area contributed by atoms with Crippen LogP contribution in [0.15, 0.2) is 18.2 Å². The summed E-state index contributed by atoms with van der Waals surface area (Å²) in [6, 6.07) is 6.16. The summed E-state index contributed by atoms with van der Waals surface area (Å²) < 4.78 is 5.13. The van der Waals surface area contributed by atoms with Crippen LogP contribution in [0.1, 0.15) is 38.7 Å². The molecule has 0 saturated heterocycles. The van der Waals surface area contributed by atoms with E-state index in [1.807, 2.05) is 12.1 Å². The van der Waals surface area contributed by atoms with Crippen LogP contribution in [-0.4, -0.2) is 18.3 Å². The van der Waals surface area contributed by atoms with Crippen LogP contribution in [-0.2, 0) is 6.54 Å². The Hall–Kier alpha value is -1.22. The summed E-state index contributed by atoms with van der Waals surface area (Å²) in [6.07, 6.45) is 3.84. The first-order valence-electron chi connectivity index (χ1n) is 7.19. The van der Waals surface area contributed by atoms with Gasteiger partial charge in [-0.05, 0) is 48.8 Å². The molecule has 3 heteroatoms. The van der Waals surface area contributed by atoms with Crippen LogP contribution in [0.2, 0.25) is 0 Å². The summed E-state index contributed by atoms with van der Waals surface area (Å²) >= 11 is 0. The van der Waals surface area contributed by atoms with Gasteiger partial charge in [0.25, 0.3) is 0 Å². The van der Waals surface area contributed by atoms with Crippen LogP contribution >= 0.6 is 0 Å². The van der Waals surface area contributed by atoms with E-state index in [2.05, 4.69) is 19.2 Å². The minimum atomic E-state index is 0.200. The molecule has 19 heavy (non-hydrogen) atoms. The molecule has 3 nitrogen and oxygen atoms in total. The third-order valence-corrected chi connectivity index (χ3v) is 4.44. The Kier molecular flexibility index (Phi) is 4.70. The number of hydrogen-bond donors (Lipinski definition) is 2. The lowest BCUT2D eigenvalue weighted by atomic mass is 9.79. The first-order chi connectivity index (χ1) is 9.10. The van der Waals surface area contributed by atoms with Gasteiger partial charge in [0.15, 0.2) is 11.5 Å². The van der Waals surface area contributed by atoms with E-state index in [1.165, 1.54) is 19.3 Å². The van der Waals surface area contributed by atoms with Crippen molar-refractivity contribution in [1.82, 2.24) is 5.32 Å². The van der Waals surface area contributed by atoms with Crippen molar-refractivity contribution in [3.05, 3.63) is 23.8 Å². The van der Waals surface area contributed by atoms with Gasteiger partial charge in [0.1, 0.15) is 0 Å². The van der Waals surface area contributed by atoms with Gasteiger partial charge in [-0.1, -0.05) is 19.9 Å². The largest absolute Gasteiger partial charge is 0.504 e. The summed E-state index contributed by atoms with van der Waals surface area (Å²) in [5, 5.41) is 13.2. The molecule has 0 amide bonds. The predicted molar refractivity (Wildman–Crippen MR) is 77.5 cm³/mol. The van der Waals surface area contributed by atoms with Gasteiger partial charge in [0.2, 0.25) is 0 Å². The number of methoxy groups -OCH3 is 1. The number of hydrogen-bond acceptors (Lipinski definition) is 3. The second-order valence-corrected chi connectivity index (χ2v) is 5.85. The molecule has 106 valence electrons. The fraction of sp³-hybridized carbons (Fsp3) is 0.625. The molecule has 0 spiro atoms. The molecule has 0 radical (unpaired) electrons. The minimum Gasteiger partial charge on any atom is -0.504 e. The molecule has 1 aliphatic carbocycles. The monoisotopic (exact) mass is 263 g/mol. The molecular weight excluding hydrogens is 238 g/mol. The lowest BCUT2D eigenvalue weighted by Crippen LogP contribution is -2.35. The number of phenols is 1. The molecule has 1 aromatic rings. The van der Waals surface area contributed by atoms with E-state index in [-0.39, 0.29) is 5.75 Å². The molecule has 2 rings (SSSR count). The summed E-state index contributed by atoms with van der Waals surface area (Å²) in [7, 11) is 1.58. The maximum absolute atomic E-state index is 9.57. The Balaban J connectivity index is 1.88. The zero-order valence-corrected chi connectivity index (χ0v) is 12.1. The van der Waals surface area contributed by atoms with Gasteiger partial charge in [0, 0.05) is 12.6 Å². The van der Waals surface area contributed by atoms with Crippen molar-refractivity contribution in [3.8, 4) is 11.5 Å². The second-order valence-electron chi connectivity index (χ2n) is 5.85. The third kappa shape index (κ3) is 3.63. The SMILES string of the molecule is COc1cc(CNC2CCC(C)C(C)C2)ccc1O. The van der Waals surface area contributed by atoms with Crippen molar-refractivity contribution < 1.29 is 9.84 Å². The summed E-state index contributed by atoms with van der Waals surface area (Å²) in [4.78, 5) is 0. The molecule has 3 unspecified atom stereocenters. The van der Waals surface area contributed by atoms with E-state index in [9.17, 15) is 5.11 Å². The average molecular weight is 263 g/mol. The van der Waals surface area contributed by atoms with Gasteiger partial charge in [-0.25, -0.2) is 0 Å². The fourth-order valence-corrected chi connectivity index (χ4v) is 2.83. The molecule has 0 aromatic heterocycles. The zero-order chi connectivity index (χ0) is 13.8. The first kappa shape index (κ1) is 14.2. The molecule has 1 aliphatic rings. The van der Waals surface area contributed by atoms with Crippen LogP contribution in [0.25, 0.3) is 0 Å². The third-order valence-electron chi connectivity index (χ3n) is 4.44. The van der Waals surface area contributed by atoms with E-state index in [4.69, 9.17) is 4.74 Å². The van der Waals surface area contributed by atoms with Crippen molar-refractivity contribution in [1.29, 1.82) is 0 Å². The van der Waals surface area contributed by atoms with Gasteiger partial charge in [-0.2, -0.15) is 0 Å². The Morgan fingerprint density at radius 2 is 2.05 bits per heavy atom. The van der Waals surface area contributed by atoms with Gasteiger partial charge in [-0.3, -0.25) is 0 Å². The van der Waals surface area contributed by atoms with Crippen molar-refractivity contribution >= 4 is 0 Å². The number of rotatable bonds is 4. The number of ether oxygens (including phenoxy) is 1. The average Bonchev–Trinajstić information content (AvgIpc) is 2.41. The molecule has 1 aromatic carbocycles. The minimum absolute atomic E-state index is 0.200. The Morgan fingerprint density at radius 3 is 2.74 bits per heavy atom. The molecule has 0 aliphatic heterocycles. The highest BCUT2D eigenvalue weighted by molar-refractivity contribution is 5.41. The summed E-state index contributed by atoms with van der Waals surface area (Å²) in [5.41, 5.74) is 1.15. The molecule has 1 saturated carbocycles. The smallest absolute Gasteiger partial charge is 0.160 e. The van der Waals surface area contributed by atoms with E-state index in [0.29, 0.717) is 11.8 Å². The standard InChI is InChI=1S/C16H25NO2/c1-11-4-6-14(8-12(11)2)17-10-13-5-7-15(18)16(9-13)19-3/h5,7,9,11-12,14,17-18H,4,6,8,10H2,1-3H3. The molecular formula is C16H25NO2. The van der Waals surface area contributed by atoms with Crippen molar-refractivity contribution in [2.24, 2.45) is 11.8 Å². The molecule has 3 atom stereocenters. The topological polar surface area (TPSA) is 41.5 Å². The zero-order valence-electron chi connectivity index (χ0n) is 12.1. The van der Waals surface area contributed by atoms with E-state index < -0.39 is 0 Å². The van der Waals surface area contributed by atoms with Crippen LogP contribution in [0.4, 0.5) is 0 Å². The Morgan fingerprint density at radius 1 is 1.26 bits per heavy atom. The quantitative estimate of drug-likeness (QED) is 0.875. The number of nitrogens with one attached hydrogen (secondary N) is 1. The molecule has 2 N–H and O–H groups in total. The number of benzene rings is 1. The highest BCUT2D eigenvalue weighted by atomic mass is 16.5. The normalized spacial score (nSPS) is 27.2. The summed E-state index contributed by atoms with van der Waals surface area (Å²) in [5.74, 6) is 2.41. The van der Waals surface area contributed by atoms with Gasteiger partial charge in [0.05, 0.1) is 7.11 Å². The highest BCUT2D eigenvalue weighted by Crippen LogP contribution is 2.30. The number of phenolic OH excluding ortho intramolecular Hbond substituents is 1. The Bertz CT molecular complexity index is 419. The Labute approximate surface area is 116 Å². The molecule has 0 heterocycles. The van der Waals surface area contributed by atoms with E-state index in [0.717, 1.165) is 23.9 Å². The number of aromatic hydroxyl groups is 1. The van der Waals surface area contributed by atoms with E-state index >= 15 is 0 Å². The van der Waals surface area contributed by atoms with Crippen LogP contribution in [0.5, 0.6) is 11.5 Å². The van der Waals surface area contributed by atoms with E-state index in [1.54, 1.807) is 13.2 Å². The van der Waals surface area contributed by atoms with Crippen molar-refractivity contribution in [2.75, 3.05) is 7.11 Å². The predicted octanol–water partition coefficient (Wildman–Crippen LogP) is 3.32. The van der Waals surface area contributed by atoms with Gasteiger partial charge < -0.3 is 15.2 Å². The summed E-state index contributed by atoms with van der Waals surface area (Å²) in [6.45, 7) is 5.54. The maximum Gasteiger partial charge on any atom is 0.160 e. The van der Waals surface area contributed by atoms with Crippen LogP contribution in [0.3, 0.4) is 0 Å². The van der Waals surface area contributed by atoms with Gasteiger partial charge in [-0.15, -0.1) is 0 Å². The molecule has 1 fully saturated rings. The fourth-order valence-electron chi connectivity index (χ4n) is 2.83. The lowest BCUT2D eigenvalue weighted by Gasteiger charge is -2.32. The molecule has 0 bridgehead atoms. The van der Waals surface area contributed by atoms with Gasteiger partial charge >= 0.3 is 0 Å². The van der Waals surface area contributed by atoms with Crippen LogP contribution in [0, 0.1) is 11.8 Å². The first-order valence-corrected chi connectivity index (χ1v) is 7.19. The maximum atomic E-state index is 9.57. The van der Waals surface area contributed by atoms with Crippen molar-refractivity contribution in [3.63, 3.8) is 0 Å².